The fraction of sp³-hybridized carbons (Fsp3) is 0.0476. The van der Waals surface area contributed by atoms with Crippen molar-refractivity contribution >= 4 is 45.7 Å². The number of aromatic nitrogens is 4. The molecule has 0 aliphatic heterocycles. The first-order valence-electron chi connectivity index (χ1n) is 8.86. The summed E-state index contributed by atoms with van der Waals surface area (Å²) in [6, 6.07) is 18.6. The first kappa shape index (κ1) is 19.1. The Bertz CT molecular complexity index is 1140. The van der Waals surface area contributed by atoms with Crippen LogP contribution >= 0.6 is 22.6 Å². The highest BCUT2D eigenvalue weighted by Gasteiger charge is 2.08. The van der Waals surface area contributed by atoms with Crippen molar-refractivity contribution in [3.05, 3.63) is 88.0 Å². The molecular weight excluding hydrogens is 479 g/mol. The van der Waals surface area contributed by atoms with Crippen LogP contribution in [0, 0.1) is 10.5 Å². The van der Waals surface area contributed by atoms with E-state index in [0.717, 1.165) is 14.9 Å². The van der Waals surface area contributed by atoms with Crippen molar-refractivity contribution in [3.63, 3.8) is 0 Å². The average Bonchev–Trinajstić information content (AvgIpc) is 3.24. The molecule has 2 N–H and O–H groups in total. The normalized spacial score (nSPS) is 10.6. The van der Waals surface area contributed by atoms with Crippen LogP contribution in [0.3, 0.4) is 0 Å². The fourth-order valence-corrected chi connectivity index (χ4v) is 3.30. The lowest BCUT2D eigenvalue weighted by atomic mass is 10.2. The van der Waals surface area contributed by atoms with Crippen LogP contribution in [0.15, 0.2) is 73.1 Å². The molecule has 1 amide bonds. The Morgan fingerprint density at radius 2 is 1.79 bits per heavy atom. The van der Waals surface area contributed by atoms with Crippen molar-refractivity contribution in [2.75, 3.05) is 10.6 Å². The van der Waals surface area contributed by atoms with Gasteiger partial charge >= 0.3 is 0 Å². The van der Waals surface area contributed by atoms with Crippen molar-refractivity contribution in [2.45, 2.75) is 6.92 Å². The molecule has 0 spiro atoms. The van der Waals surface area contributed by atoms with Crippen LogP contribution in [0.1, 0.15) is 16.2 Å². The number of benzene rings is 2. The van der Waals surface area contributed by atoms with Gasteiger partial charge in [-0.15, -0.1) is 0 Å². The molecule has 0 atom stereocenters. The van der Waals surface area contributed by atoms with Crippen molar-refractivity contribution in [2.24, 2.45) is 0 Å². The summed E-state index contributed by atoms with van der Waals surface area (Å²) in [5.41, 5.74) is 2.19. The van der Waals surface area contributed by atoms with E-state index in [1.165, 1.54) is 0 Å². The van der Waals surface area contributed by atoms with Gasteiger partial charge in [0.1, 0.15) is 11.6 Å². The maximum Gasteiger partial charge on any atom is 0.255 e. The molecule has 4 aromatic rings. The number of hydrogen-bond acceptors (Lipinski definition) is 5. The van der Waals surface area contributed by atoms with Crippen molar-refractivity contribution in [3.8, 4) is 5.82 Å². The molecule has 0 radical (unpaired) electrons. The molecule has 0 unspecified atom stereocenters. The topological polar surface area (TPSA) is 84.7 Å². The minimum absolute atomic E-state index is 0.139. The molecule has 2 heterocycles. The predicted molar refractivity (Wildman–Crippen MR) is 121 cm³/mol. The maximum atomic E-state index is 12.4. The highest BCUT2D eigenvalue weighted by Crippen LogP contribution is 2.20. The third kappa shape index (κ3) is 4.77. The van der Waals surface area contributed by atoms with Crippen LogP contribution in [0.4, 0.5) is 17.2 Å². The molecule has 7 nitrogen and oxygen atoms in total. The summed E-state index contributed by atoms with van der Waals surface area (Å²) >= 11 is 2.19. The summed E-state index contributed by atoms with van der Waals surface area (Å²) in [5.74, 6) is 1.85. The van der Waals surface area contributed by atoms with Gasteiger partial charge in [0.05, 0.1) is 0 Å². The van der Waals surface area contributed by atoms with E-state index in [0.29, 0.717) is 23.0 Å². The largest absolute Gasteiger partial charge is 0.340 e. The number of anilines is 3. The third-order valence-corrected chi connectivity index (χ3v) is 4.74. The Balaban J connectivity index is 1.47. The third-order valence-electron chi connectivity index (χ3n) is 4.07. The molecule has 0 saturated carbocycles. The molecule has 144 valence electrons. The number of hydrogen-bond donors (Lipinski definition) is 2. The first-order chi connectivity index (χ1) is 14.1. The van der Waals surface area contributed by atoms with Crippen LogP contribution in [0.5, 0.6) is 0 Å². The van der Waals surface area contributed by atoms with Gasteiger partial charge in [-0.2, -0.15) is 5.10 Å². The van der Waals surface area contributed by atoms with Gasteiger partial charge < -0.3 is 10.6 Å². The van der Waals surface area contributed by atoms with Crippen LogP contribution in [0.25, 0.3) is 5.82 Å². The van der Waals surface area contributed by atoms with Gasteiger partial charge in [-0.3, -0.25) is 4.79 Å². The summed E-state index contributed by atoms with van der Waals surface area (Å²) in [5, 5.41) is 10.4. The number of nitrogens with one attached hydrogen (secondary N) is 2. The molecule has 0 fully saturated rings. The lowest BCUT2D eigenvalue weighted by molar-refractivity contribution is 0.102. The summed E-state index contributed by atoms with van der Waals surface area (Å²) in [6.45, 7) is 1.83. The molecule has 0 saturated heterocycles. The highest BCUT2D eigenvalue weighted by molar-refractivity contribution is 14.1. The van der Waals surface area contributed by atoms with Crippen LogP contribution in [-0.4, -0.2) is 25.7 Å². The molecule has 2 aromatic heterocycles. The van der Waals surface area contributed by atoms with Gasteiger partial charge in [0.15, 0.2) is 5.82 Å². The summed E-state index contributed by atoms with van der Waals surface area (Å²) in [6.07, 6.45) is 3.53. The van der Waals surface area contributed by atoms with E-state index in [1.807, 2.05) is 67.7 Å². The molecule has 0 aliphatic carbocycles. The minimum Gasteiger partial charge on any atom is -0.340 e. The monoisotopic (exact) mass is 496 g/mol. The van der Waals surface area contributed by atoms with Gasteiger partial charge in [-0.05, 0) is 78.0 Å². The van der Waals surface area contributed by atoms with Crippen molar-refractivity contribution < 1.29 is 4.79 Å². The van der Waals surface area contributed by atoms with Crippen LogP contribution in [0.2, 0.25) is 0 Å². The number of rotatable bonds is 5. The Hall–Kier alpha value is -3.27. The van der Waals surface area contributed by atoms with E-state index in [9.17, 15) is 4.79 Å². The van der Waals surface area contributed by atoms with Gasteiger partial charge in [-0.1, -0.05) is 6.07 Å². The minimum atomic E-state index is -0.139. The van der Waals surface area contributed by atoms with Crippen molar-refractivity contribution in [1.82, 2.24) is 19.7 Å². The zero-order valence-corrected chi connectivity index (χ0v) is 17.7. The summed E-state index contributed by atoms with van der Waals surface area (Å²) in [4.78, 5) is 21.2. The molecule has 4 rings (SSSR count). The molecule has 2 aromatic carbocycles. The van der Waals surface area contributed by atoms with Crippen molar-refractivity contribution in [1.29, 1.82) is 0 Å². The molecule has 0 aliphatic rings. The second kappa shape index (κ2) is 8.39. The number of halogens is 1. The number of amides is 1. The first-order valence-corrected chi connectivity index (χ1v) is 9.94. The lowest BCUT2D eigenvalue weighted by Gasteiger charge is -2.10. The molecule has 8 heteroatoms. The highest BCUT2D eigenvalue weighted by atomic mass is 127. The smallest absolute Gasteiger partial charge is 0.255 e. The second-order valence-corrected chi connectivity index (χ2v) is 7.52. The van der Waals surface area contributed by atoms with Gasteiger partial charge in [0.2, 0.25) is 0 Å². The molecule has 29 heavy (non-hydrogen) atoms. The van der Waals surface area contributed by atoms with E-state index < -0.39 is 0 Å². The maximum absolute atomic E-state index is 12.4. The zero-order chi connectivity index (χ0) is 20.2. The predicted octanol–water partition coefficient (Wildman–Crippen LogP) is 4.57. The molecule has 0 bridgehead atoms. The Morgan fingerprint density at radius 1 is 1.00 bits per heavy atom. The average molecular weight is 496 g/mol. The second-order valence-electron chi connectivity index (χ2n) is 6.28. The summed E-state index contributed by atoms with van der Waals surface area (Å²) < 4.78 is 2.70. The fourth-order valence-electron chi connectivity index (χ4n) is 2.76. The van der Waals surface area contributed by atoms with Crippen LogP contribution < -0.4 is 10.6 Å². The number of carbonyl (C=O) groups excluding carboxylic acids is 1. The van der Waals surface area contributed by atoms with E-state index in [2.05, 4.69) is 48.3 Å². The number of nitrogens with zero attached hydrogens (tertiary/aromatic N) is 4. The van der Waals surface area contributed by atoms with Gasteiger partial charge in [0.25, 0.3) is 5.91 Å². The number of carbonyl (C=O) groups is 1. The standard InChI is InChI=1S/C21H17IN6O/c1-14-24-19(13-20(25-14)28-11-3-10-23-28)26-17-6-8-18(9-7-17)27-21(29)15-4-2-5-16(22)12-15/h2-13H,1H3,(H,27,29)(H,24,25,26). The van der Waals surface area contributed by atoms with E-state index in [1.54, 1.807) is 16.9 Å². The van der Waals surface area contributed by atoms with Gasteiger partial charge in [-0.25, -0.2) is 14.6 Å². The zero-order valence-electron chi connectivity index (χ0n) is 15.5. The van der Waals surface area contributed by atoms with E-state index >= 15 is 0 Å². The lowest BCUT2D eigenvalue weighted by Crippen LogP contribution is -2.11. The van der Waals surface area contributed by atoms with Crippen LogP contribution in [-0.2, 0) is 0 Å². The summed E-state index contributed by atoms with van der Waals surface area (Å²) in [7, 11) is 0. The molecular formula is C21H17IN6O. The number of aryl methyl sites for hydroxylation is 1. The van der Waals surface area contributed by atoms with E-state index in [-0.39, 0.29) is 5.91 Å². The Morgan fingerprint density at radius 3 is 2.52 bits per heavy atom. The SMILES string of the molecule is Cc1nc(Nc2ccc(NC(=O)c3cccc(I)c3)cc2)cc(-n2cccn2)n1. The van der Waals surface area contributed by atoms with Gasteiger partial charge in [0, 0.05) is 39.0 Å². The Kier molecular flexibility index (Phi) is 5.52. The Labute approximate surface area is 181 Å². The van der Waals surface area contributed by atoms with E-state index in [4.69, 9.17) is 0 Å². The quantitative estimate of drug-likeness (QED) is 0.396.